The van der Waals surface area contributed by atoms with Crippen molar-refractivity contribution >= 4 is 18.4 Å². The Morgan fingerprint density at radius 2 is 2.20 bits per heavy atom. The van der Waals surface area contributed by atoms with Crippen LogP contribution in [-0.4, -0.2) is 12.6 Å². The summed E-state index contributed by atoms with van der Waals surface area (Å²) in [4.78, 5) is 10.5. The molecule has 0 atom stereocenters. The van der Waals surface area contributed by atoms with Crippen LogP contribution in [0.4, 0.5) is 0 Å². The van der Waals surface area contributed by atoms with Crippen LogP contribution in [0.5, 0.6) is 0 Å². The first-order valence-electron chi connectivity index (χ1n) is 2.77. The van der Waals surface area contributed by atoms with Crippen molar-refractivity contribution in [3.63, 3.8) is 0 Å². The zero-order valence-corrected chi connectivity index (χ0v) is 6.90. The van der Waals surface area contributed by atoms with Gasteiger partial charge in [0.15, 0.2) is 0 Å². The van der Waals surface area contributed by atoms with Gasteiger partial charge in [0.25, 0.3) is 0 Å². The van der Waals surface area contributed by atoms with Gasteiger partial charge in [0, 0.05) is 11.8 Å². The van der Waals surface area contributed by atoms with Gasteiger partial charge in [-0.2, -0.15) is 0 Å². The molecule has 0 aliphatic carbocycles. The SMILES string of the molecule is CCOC(=O)C=C(C)N.Cl. The van der Waals surface area contributed by atoms with Gasteiger partial charge in [-0.3, -0.25) is 0 Å². The quantitative estimate of drug-likeness (QED) is 0.487. The molecular weight excluding hydrogens is 154 g/mol. The molecule has 60 valence electrons. The highest BCUT2D eigenvalue weighted by molar-refractivity contribution is 5.85. The maximum absolute atomic E-state index is 10.5. The van der Waals surface area contributed by atoms with Gasteiger partial charge in [0.05, 0.1) is 6.61 Å². The second kappa shape index (κ2) is 6.42. The lowest BCUT2D eigenvalue weighted by molar-refractivity contribution is -0.137. The van der Waals surface area contributed by atoms with Gasteiger partial charge >= 0.3 is 5.97 Å². The smallest absolute Gasteiger partial charge is 0.332 e. The maximum Gasteiger partial charge on any atom is 0.332 e. The molecule has 0 spiro atoms. The number of carbonyl (C=O) groups excluding carboxylic acids is 1. The fourth-order valence-corrected chi connectivity index (χ4v) is 0.370. The number of allylic oxidation sites excluding steroid dienone is 1. The van der Waals surface area contributed by atoms with E-state index in [1.165, 1.54) is 6.08 Å². The Morgan fingerprint density at radius 1 is 1.70 bits per heavy atom. The molecule has 0 amide bonds. The van der Waals surface area contributed by atoms with Crippen LogP contribution in [0.2, 0.25) is 0 Å². The van der Waals surface area contributed by atoms with E-state index >= 15 is 0 Å². The highest BCUT2D eigenvalue weighted by Gasteiger charge is 1.92. The van der Waals surface area contributed by atoms with Crippen molar-refractivity contribution < 1.29 is 9.53 Å². The Kier molecular flexibility index (Phi) is 7.72. The van der Waals surface area contributed by atoms with Gasteiger partial charge in [0.1, 0.15) is 0 Å². The van der Waals surface area contributed by atoms with Gasteiger partial charge < -0.3 is 10.5 Å². The molecule has 4 heteroatoms. The van der Waals surface area contributed by atoms with Crippen molar-refractivity contribution in [2.45, 2.75) is 13.8 Å². The van der Waals surface area contributed by atoms with Crippen LogP contribution in [0.25, 0.3) is 0 Å². The van der Waals surface area contributed by atoms with Crippen molar-refractivity contribution in [2.24, 2.45) is 5.73 Å². The van der Waals surface area contributed by atoms with Crippen LogP contribution in [0.1, 0.15) is 13.8 Å². The summed E-state index contributed by atoms with van der Waals surface area (Å²) in [7, 11) is 0. The van der Waals surface area contributed by atoms with E-state index in [2.05, 4.69) is 4.74 Å². The highest BCUT2D eigenvalue weighted by Crippen LogP contribution is 1.83. The van der Waals surface area contributed by atoms with Crippen LogP contribution in [-0.2, 0) is 9.53 Å². The molecule has 0 saturated heterocycles. The fourth-order valence-electron chi connectivity index (χ4n) is 0.370. The molecule has 0 saturated carbocycles. The number of nitrogens with two attached hydrogens (primary N) is 1. The summed E-state index contributed by atoms with van der Waals surface area (Å²) in [6.07, 6.45) is 1.25. The van der Waals surface area contributed by atoms with Crippen LogP contribution in [0.3, 0.4) is 0 Å². The summed E-state index contributed by atoms with van der Waals surface area (Å²) in [5, 5.41) is 0. The third kappa shape index (κ3) is 7.30. The normalized spacial score (nSPS) is 10.0. The molecular formula is C6H12ClNO2. The maximum atomic E-state index is 10.5. The highest BCUT2D eigenvalue weighted by atomic mass is 35.5. The molecule has 0 bridgehead atoms. The Labute approximate surface area is 66.6 Å². The van der Waals surface area contributed by atoms with E-state index < -0.39 is 0 Å². The molecule has 0 aliphatic heterocycles. The standard InChI is InChI=1S/C6H11NO2.ClH/c1-3-9-6(8)4-5(2)7;/h4H,3,7H2,1-2H3;1H. The van der Waals surface area contributed by atoms with E-state index in [4.69, 9.17) is 5.73 Å². The molecule has 0 aromatic carbocycles. The van der Waals surface area contributed by atoms with Gasteiger partial charge in [0.2, 0.25) is 0 Å². The minimum Gasteiger partial charge on any atom is -0.463 e. The predicted molar refractivity (Wildman–Crippen MR) is 41.8 cm³/mol. The number of halogens is 1. The third-order valence-electron chi connectivity index (χ3n) is 0.632. The molecule has 0 radical (unpaired) electrons. The van der Waals surface area contributed by atoms with Crippen molar-refractivity contribution in [1.29, 1.82) is 0 Å². The lowest BCUT2D eigenvalue weighted by Crippen LogP contribution is -2.03. The Balaban J connectivity index is 0. The second-order valence-corrected chi connectivity index (χ2v) is 1.64. The zero-order valence-electron chi connectivity index (χ0n) is 6.09. The summed E-state index contributed by atoms with van der Waals surface area (Å²) in [5.74, 6) is -0.377. The average molecular weight is 166 g/mol. The van der Waals surface area contributed by atoms with Crippen molar-refractivity contribution in [3.8, 4) is 0 Å². The molecule has 0 heterocycles. The minimum absolute atomic E-state index is 0. The number of rotatable bonds is 2. The van der Waals surface area contributed by atoms with Crippen LogP contribution >= 0.6 is 12.4 Å². The first-order chi connectivity index (χ1) is 4.16. The van der Waals surface area contributed by atoms with Crippen molar-refractivity contribution in [1.82, 2.24) is 0 Å². The Bertz CT molecular complexity index is 130. The second-order valence-electron chi connectivity index (χ2n) is 1.64. The number of hydrogen-bond donors (Lipinski definition) is 1. The Morgan fingerprint density at radius 3 is 2.50 bits per heavy atom. The van der Waals surface area contributed by atoms with Gasteiger partial charge in [-0.15, -0.1) is 12.4 Å². The zero-order chi connectivity index (χ0) is 7.28. The minimum atomic E-state index is -0.377. The van der Waals surface area contributed by atoms with E-state index in [0.717, 1.165) is 0 Å². The van der Waals surface area contributed by atoms with Gasteiger partial charge in [-0.05, 0) is 13.8 Å². The molecule has 2 N–H and O–H groups in total. The molecule has 3 nitrogen and oxygen atoms in total. The van der Waals surface area contributed by atoms with E-state index in [-0.39, 0.29) is 18.4 Å². The number of carbonyl (C=O) groups is 1. The summed E-state index contributed by atoms with van der Waals surface area (Å²) in [6.45, 7) is 3.77. The monoisotopic (exact) mass is 165 g/mol. The third-order valence-corrected chi connectivity index (χ3v) is 0.632. The summed E-state index contributed by atoms with van der Waals surface area (Å²) >= 11 is 0. The van der Waals surface area contributed by atoms with Crippen LogP contribution in [0, 0.1) is 0 Å². The molecule has 0 aliphatic rings. The van der Waals surface area contributed by atoms with E-state index in [1.54, 1.807) is 13.8 Å². The number of esters is 1. The van der Waals surface area contributed by atoms with E-state index in [1.807, 2.05) is 0 Å². The molecule has 10 heavy (non-hydrogen) atoms. The van der Waals surface area contributed by atoms with Crippen molar-refractivity contribution in [3.05, 3.63) is 11.8 Å². The summed E-state index contributed by atoms with van der Waals surface area (Å²) in [6, 6.07) is 0. The average Bonchev–Trinajstić information content (AvgIpc) is 1.63. The lowest BCUT2D eigenvalue weighted by atomic mass is 10.4. The van der Waals surface area contributed by atoms with Gasteiger partial charge in [-0.1, -0.05) is 0 Å². The van der Waals surface area contributed by atoms with Gasteiger partial charge in [-0.25, -0.2) is 4.79 Å². The van der Waals surface area contributed by atoms with Crippen molar-refractivity contribution in [2.75, 3.05) is 6.61 Å². The largest absolute Gasteiger partial charge is 0.463 e. The number of hydrogen-bond acceptors (Lipinski definition) is 3. The number of ether oxygens (including phenoxy) is 1. The summed E-state index contributed by atoms with van der Waals surface area (Å²) in [5.41, 5.74) is 5.65. The Hall–Kier alpha value is -0.700. The summed E-state index contributed by atoms with van der Waals surface area (Å²) < 4.78 is 4.56. The molecule has 0 unspecified atom stereocenters. The van der Waals surface area contributed by atoms with E-state index in [9.17, 15) is 4.79 Å². The molecule has 0 fully saturated rings. The topological polar surface area (TPSA) is 52.3 Å². The van der Waals surface area contributed by atoms with Crippen LogP contribution < -0.4 is 5.73 Å². The molecule has 0 aromatic rings. The lowest BCUT2D eigenvalue weighted by Gasteiger charge is -1.94. The van der Waals surface area contributed by atoms with E-state index in [0.29, 0.717) is 12.3 Å². The fraction of sp³-hybridized carbons (Fsp3) is 0.500. The molecule has 0 rings (SSSR count). The van der Waals surface area contributed by atoms with Crippen LogP contribution in [0.15, 0.2) is 11.8 Å². The first-order valence-corrected chi connectivity index (χ1v) is 2.77. The predicted octanol–water partition coefficient (Wildman–Crippen LogP) is 0.834. The molecule has 0 aromatic heterocycles. The first kappa shape index (κ1) is 12.0.